The number of halogens is 3. The molecular weight excluding hydrogens is 427 g/mol. The van der Waals surface area contributed by atoms with Crippen molar-refractivity contribution < 1.29 is 32.2 Å². The minimum absolute atomic E-state index is 0.0554. The molecule has 0 saturated carbocycles. The van der Waals surface area contributed by atoms with Gasteiger partial charge in [0.05, 0.1) is 32.4 Å². The Morgan fingerprint density at radius 2 is 1.84 bits per heavy atom. The predicted octanol–water partition coefficient (Wildman–Crippen LogP) is 4.10. The summed E-state index contributed by atoms with van der Waals surface area (Å²) in [6.07, 6.45) is -2.73. The molecule has 0 spiro atoms. The molecule has 32 heavy (non-hydrogen) atoms. The molecular formula is C22H24F3N3O4. The molecule has 2 N–H and O–H groups in total. The number of aliphatic imine (C=N–C) groups is 1. The average Bonchev–Trinajstić information content (AvgIpc) is 3.30. The van der Waals surface area contributed by atoms with Gasteiger partial charge in [-0.15, -0.1) is 0 Å². The molecule has 1 aliphatic heterocycles. The van der Waals surface area contributed by atoms with Gasteiger partial charge >= 0.3 is 6.18 Å². The van der Waals surface area contributed by atoms with E-state index in [4.69, 9.17) is 14.2 Å². The molecule has 0 radical (unpaired) electrons. The maximum Gasteiger partial charge on any atom is 0.416 e. The number of benzene rings is 2. The highest BCUT2D eigenvalue weighted by atomic mass is 19.4. The molecule has 0 bridgehead atoms. The molecule has 1 atom stereocenters. The molecule has 2 aromatic rings. The Bertz CT molecular complexity index is 956. The van der Waals surface area contributed by atoms with Gasteiger partial charge in [-0.05, 0) is 49.2 Å². The van der Waals surface area contributed by atoms with Crippen molar-refractivity contribution in [3.63, 3.8) is 0 Å². The van der Waals surface area contributed by atoms with Crippen LogP contribution in [0.25, 0.3) is 0 Å². The van der Waals surface area contributed by atoms with Gasteiger partial charge in [0.2, 0.25) is 5.96 Å². The molecule has 1 fully saturated rings. The zero-order valence-corrected chi connectivity index (χ0v) is 17.7. The molecule has 10 heteroatoms. The van der Waals surface area contributed by atoms with Gasteiger partial charge in [0.15, 0.2) is 11.5 Å². The van der Waals surface area contributed by atoms with Crippen LogP contribution in [0.2, 0.25) is 0 Å². The van der Waals surface area contributed by atoms with Crippen LogP contribution < -0.4 is 20.1 Å². The lowest BCUT2D eigenvalue weighted by Gasteiger charge is -2.15. The lowest BCUT2D eigenvalue weighted by molar-refractivity contribution is -0.137. The molecule has 0 unspecified atom stereocenters. The topological polar surface area (TPSA) is 81.2 Å². The number of carbonyl (C=O) groups is 1. The Balaban J connectivity index is 1.78. The summed E-state index contributed by atoms with van der Waals surface area (Å²) in [5, 5.41) is 5.63. The SMILES string of the molecule is COc1ccc(NC(=NC[C@@H]2CCCO2)NC(=O)c2ccc(C(F)(F)F)cc2)cc1OC. The van der Waals surface area contributed by atoms with E-state index in [2.05, 4.69) is 15.6 Å². The Morgan fingerprint density at radius 1 is 1.12 bits per heavy atom. The third kappa shape index (κ3) is 6.13. The van der Waals surface area contributed by atoms with E-state index < -0.39 is 17.6 Å². The first-order valence-corrected chi connectivity index (χ1v) is 9.94. The highest BCUT2D eigenvalue weighted by molar-refractivity contribution is 6.10. The number of amides is 1. The summed E-state index contributed by atoms with van der Waals surface area (Å²) >= 11 is 0. The lowest BCUT2D eigenvalue weighted by atomic mass is 10.1. The van der Waals surface area contributed by atoms with Gasteiger partial charge in [0, 0.05) is 23.9 Å². The van der Waals surface area contributed by atoms with E-state index in [0.29, 0.717) is 30.3 Å². The summed E-state index contributed by atoms with van der Waals surface area (Å²) in [6.45, 7) is 0.986. The van der Waals surface area contributed by atoms with Crippen LogP contribution in [0.15, 0.2) is 47.5 Å². The minimum atomic E-state index is -4.47. The van der Waals surface area contributed by atoms with Crippen molar-refractivity contribution in [1.29, 1.82) is 0 Å². The maximum absolute atomic E-state index is 12.8. The number of anilines is 1. The fraction of sp³-hybridized carbons (Fsp3) is 0.364. The van der Waals surface area contributed by atoms with E-state index >= 15 is 0 Å². The largest absolute Gasteiger partial charge is 0.493 e. The fourth-order valence-electron chi connectivity index (χ4n) is 3.13. The predicted molar refractivity (Wildman–Crippen MR) is 113 cm³/mol. The molecule has 3 rings (SSSR count). The van der Waals surface area contributed by atoms with Gasteiger partial charge in [0.25, 0.3) is 5.91 Å². The number of nitrogens with one attached hydrogen (secondary N) is 2. The van der Waals surface area contributed by atoms with E-state index in [-0.39, 0.29) is 17.6 Å². The van der Waals surface area contributed by atoms with Crippen LogP contribution in [-0.4, -0.2) is 45.3 Å². The number of hydrogen-bond acceptors (Lipinski definition) is 5. The molecule has 7 nitrogen and oxygen atoms in total. The van der Waals surface area contributed by atoms with Crippen molar-refractivity contribution in [2.45, 2.75) is 25.1 Å². The number of ether oxygens (including phenoxy) is 3. The number of rotatable bonds is 6. The summed E-state index contributed by atoms with van der Waals surface area (Å²) in [7, 11) is 3.02. The standard InChI is InChI=1S/C22H24F3N3O4/c1-30-18-10-9-16(12-19(18)31-2)27-21(26-13-17-4-3-11-32-17)28-20(29)14-5-7-15(8-6-14)22(23,24)25/h5-10,12,17H,3-4,11,13H2,1-2H3,(H2,26,27,28,29)/t17-/m0/s1. The first kappa shape index (κ1) is 23.4. The van der Waals surface area contributed by atoms with Crippen molar-refractivity contribution in [1.82, 2.24) is 5.32 Å². The molecule has 0 aromatic heterocycles. The molecule has 172 valence electrons. The molecule has 0 aliphatic carbocycles. The highest BCUT2D eigenvalue weighted by Crippen LogP contribution is 2.30. The first-order chi connectivity index (χ1) is 15.3. The third-order valence-electron chi connectivity index (χ3n) is 4.83. The average molecular weight is 451 g/mol. The Kier molecular flexibility index (Phi) is 7.57. The quantitative estimate of drug-likeness (QED) is 0.511. The normalized spacial score (nSPS) is 16.5. The molecule has 2 aromatic carbocycles. The van der Waals surface area contributed by atoms with Gasteiger partial charge in [-0.1, -0.05) is 0 Å². The van der Waals surface area contributed by atoms with Crippen molar-refractivity contribution in [3.8, 4) is 11.5 Å². The minimum Gasteiger partial charge on any atom is -0.493 e. The van der Waals surface area contributed by atoms with Gasteiger partial charge in [0.1, 0.15) is 0 Å². The maximum atomic E-state index is 12.8. The molecule has 1 saturated heterocycles. The van der Waals surface area contributed by atoms with Crippen LogP contribution in [0.3, 0.4) is 0 Å². The van der Waals surface area contributed by atoms with Crippen LogP contribution in [0, 0.1) is 0 Å². The summed E-state index contributed by atoms with van der Waals surface area (Å²) in [5.41, 5.74) is -0.192. The third-order valence-corrected chi connectivity index (χ3v) is 4.83. The number of carbonyl (C=O) groups excluding carboxylic acids is 1. The van der Waals surface area contributed by atoms with Gasteiger partial charge in [-0.25, -0.2) is 4.99 Å². The van der Waals surface area contributed by atoms with Crippen molar-refractivity contribution >= 4 is 17.6 Å². The zero-order valence-electron chi connectivity index (χ0n) is 17.7. The van der Waals surface area contributed by atoms with Gasteiger partial charge < -0.3 is 19.5 Å². The van der Waals surface area contributed by atoms with E-state index in [1.807, 2.05) is 0 Å². The molecule has 1 heterocycles. The van der Waals surface area contributed by atoms with Gasteiger partial charge in [-0.3, -0.25) is 10.1 Å². The number of nitrogens with zero attached hydrogens (tertiary/aromatic N) is 1. The zero-order chi connectivity index (χ0) is 23.1. The highest BCUT2D eigenvalue weighted by Gasteiger charge is 2.30. The lowest BCUT2D eigenvalue weighted by Crippen LogP contribution is -2.36. The number of guanidine groups is 1. The second-order valence-corrected chi connectivity index (χ2v) is 7.05. The van der Waals surface area contributed by atoms with Crippen molar-refractivity contribution in [2.24, 2.45) is 4.99 Å². The van der Waals surface area contributed by atoms with E-state index in [0.717, 1.165) is 37.1 Å². The molecule has 1 aliphatic rings. The van der Waals surface area contributed by atoms with Crippen LogP contribution in [0.5, 0.6) is 11.5 Å². The second-order valence-electron chi connectivity index (χ2n) is 7.05. The Hall–Kier alpha value is -3.27. The number of hydrogen-bond donors (Lipinski definition) is 2. The van der Waals surface area contributed by atoms with Gasteiger partial charge in [-0.2, -0.15) is 13.2 Å². The summed E-state index contributed by atoms with van der Waals surface area (Å²) in [5.74, 6) is 0.546. The van der Waals surface area contributed by atoms with E-state index in [9.17, 15) is 18.0 Å². The smallest absolute Gasteiger partial charge is 0.416 e. The second kappa shape index (κ2) is 10.4. The number of alkyl halides is 3. The summed E-state index contributed by atoms with van der Waals surface area (Å²) < 4.78 is 54.4. The summed E-state index contributed by atoms with van der Waals surface area (Å²) in [4.78, 5) is 17.1. The molecule has 1 amide bonds. The Labute approximate surface area is 183 Å². The van der Waals surface area contributed by atoms with E-state index in [1.54, 1.807) is 18.2 Å². The Morgan fingerprint density at radius 3 is 2.44 bits per heavy atom. The van der Waals surface area contributed by atoms with Crippen LogP contribution >= 0.6 is 0 Å². The van der Waals surface area contributed by atoms with Crippen molar-refractivity contribution in [3.05, 3.63) is 53.6 Å². The van der Waals surface area contributed by atoms with Crippen LogP contribution in [-0.2, 0) is 10.9 Å². The van der Waals surface area contributed by atoms with Crippen LogP contribution in [0.4, 0.5) is 18.9 Å². The summed E-state index contributed by atoms with van der Waals surface area (Å²) in [6, 6.07) is 9.03. The first-order valence-electron chi connectivity index (χ1n) is 9.94. The van der Waals surface area contributed by atoms with E-state index in [1.165, 1.54) is 14.2 Å². The fourth-order valence-corrected chi connectivity index (χ4v) is 3.13. The van der Waals surface area contributed by atoms with Crippen LogP contribution in [0.1, 0.15) is 28.8 Å². The van der Waals surface area contributed by atoms with Crippen molar-refractivity contribution in [2.75, 3.05) is 32.7 Å². The monoisotopic (exact) mass is 451 g/mol. The number of methoxy groups -OCH3 is 2.